The van der Waals surface area contributed by atoms with E-state index in [1.54, 1.807) is 0 Å². The van der Waals surface area contributed by atoms with Gasteiger partial charge in [0.1, 0.15) is 6.10 Å². The Labute approximate surface area is 93.6 Å². The smallest absolute Gasteiger partial charge is 0.256 e. The molecule has 1 fully saturated rings. The van der Waals surface area contributed by atoms with E-state index in [1.165, 1.54) is 0 Å². The maximum atomic E-state index is 11.3. The molecule has 0 aromatic heterocycles. The van der Waals surface area contributed by atoms with Gasteiger partial charge in [0.05, 0.1) is 12.5 Å². The number of rotatable bonds is 3. The summed E-state index contributed by atoms with van der Waals surface area (Å²) in [6, 6.07) is 9.60. The van der Waals surface area contributed by atoms with E-state index in [9.17, 15) is 9.59 Å². The summed E-state index contributed by atoms with van der Waals surface area (Å²) in [5, 5.41) is 2.22. The number of nitrogens with one attached hydrogen (secondary N) is 1. The van der Waals surface area contributed by atoms with Gasteiger partial charge in [0, 0.05) is 0 Å². The summed E-state index contributed by atoms with van der Waals surface area (Å²) in [5.74, 6) is -0.608. The number of carbonyl (C=O) groups excluding carboxylic acids is 2. The summed E-state index contributed by atoms with van der Waals surface area (Å²) < 4.78 is 5.55. The van der Waals surface area contributed by atoms with Crippen LogP contribution < -0.4 is 5.32 Å². The van der Waals surface area contributed by atoms with Crippen molar-refractivity contribution in [2.75, 3.05) is 0 Å². The second-order valence-electron chi connectivity index (χ2n) is 3.79. The van der Waals surface area contributed by atoms with Crippen LogP contribution in [0.2, 0.25) is 0 Å². The van der Waals surface area contributed by atoms with E-state index in [0.717, 1.165) is 5.56 Å². The summed E-state index contributed by atoms with van der Waals surface area (Å²) in [4.78, 5) is 22.3. The Morgan fingerprint density at radius 2 is 2.00 bits per heavy atom. The number of imide groups is 1. The van der Waals surface area contributed by atoms with Gasteiger partial charge in [-0.2, -0.15) is 0 Å². The molecular weight excluding hydrogens is 206 g/mol. The average molecular weight is 219 g/mol. The van der Waals surface area contributed by atoms with Crippen molar-refractivity contribution in [2.45, 2.75) is 25.6 Å². The van der Waals surface area contributed by atoms with Gasteiger partial charge in [0.2, 0.25) is 5.91 Å². The van der Waals surface area contributed by atoms with E-state index in [1.807, 2.05) is 37.3 Å². The lowest BCUT2D eigenvalue weighted by atomic mass is 10.1. The second-order valence-corrected chi connectivity index (χ2v) is 3.79. The SMILES string of the molecule is CC(OC1CC(=O)NC1=O)c1ccccc1. The Balaban J connectivity index is 2.00. The molecule has 0 radical (unpaired) electrons. The predicted octanol–water partition coefficient (Wildman–Crippen LogP) is 1.18. The van der Waals surface area contributed by atoms with Crippen LogP contribution in [0.15, 0.2) is 30.3 Å². The summed E-state index contributed by atoms with van der Waals surface area (Å²) in [6.45, 7) is 1.87. The predicted molar refractivity (Wildman–Crippen MR) is 57.5 cm³/mol. The highest BCUT2D eigenvalue weighted by Crippen LogP contribution is 2.20. The summed E-state index contributed by atoms with van der Waals surface area (Å²) in [5.41, 5.74) is 0.995. The Kier molecular flexibility index (Phi) is 3.01. The van der Waals surface area contributed by atoms with Gasteiger partial charge in [0.25, 0.3) is 5.91 Å². The lowest BCUT2D eigenvalue weighted by Gasteiger charge is -2.16. The minimum Gasteiger partial charge on any atom is -0.360 e. The van der Waals surface area contributed by atoms with Gasteiger partial charge in [0.15, 0.2) is 0 Å². The molecule has 1 aromatic carbocycles. The van der Waals surface area contributed by atoms with E-state index >= 15 is 0 Å². The summed E-state index contributed by atoms with van der Waals surface area (Å²) >= 11 is 0. The van der Waals surface area contributed by atoms with Crippen molar-refractivity contribution in [1.82, 2.24) is 5.32 Å². The van der Waals surface area contributed by atoms with Crippen molar-refractivity contribution < 1.29 is 14.3 Å². The Hall–Kier alpha value is -1.68. The molecule has 1 aliphatic rings. The lowest BCUT2D eigenvalue weighted by Crippen LogP contribution is -2.27. The number of ether oxygens (including phenoxy) is 1. The topological polar surface area (TPSA) is 55.4 Å². The van der Waals surface area contributed by atoms with Crippen molar-refractivity contribution in [3.63, 3.8) is 0 Å². The summed E-state index contributed by atoms with van der Waals surface area (Å²) in [6.07, 6.45) is -0.721. The molecule has 0 bridgehead atoms. The second kappa shape index (κ2) is 4.45. The molecule has 1 saturated heterocycles. The standard InChI is InChI=1S/C12H13NO3/c1-8(9-5-3-2-4-6-9)16-10-7-11(14)13-12(10)15/h2-6,8,10H,7H2,1H3,(H,13,14,15). The van der Waals surface area contributed by atoms with E-state index in [-0.39, 0.29) is 24.3 Å². The third kappa shape index (κ3) is 2.28. The zero-order valence-electron chi connectivity index (χ0n) is 8.97. The molecule has 0 aliphatic carbocycles. The third-order valence-electron chi connectivity index (χ3n) is 2.56. The first kappa shape index (κ1) is 10.8. The number of carbonyl (C=O) groups is 2. The zero-order valence-corrected chi connectivity index (χ0v) is 8.97. The fourth-order valence-electron chi connectivity index (χ4n) is 1.69. The van der Waals surface area contributed by atoms with Crippen molar-refractivity contribution in [3.05, 3.63) is 35.9 Å². The van der Waals surface area contributed by atoms with E-state index < -0.39 is 6.10 Å². The fraction of sp³-hybridized carbons (Fsp3) is 0.333. The van der Waals surface area contributed by atoms with Crippen LogP contribution in [0.4, 0.5) is 0 Å². The van der Waals surface area contributed by atoms with Crippen molar-refractivity contribution in [1.29, 1.82) is 0 Å². The molecule has 84 valence electrons. The molecule has 1 aromatic rings. The zero-order chi connectivity index (χ0) is 11.5. The Morgan fingerprint density at radius 1 is 1.31 bits per heavy atom. The van der Waals surface area contributed by atoms with E-state index in [2.05, 4.69) is 5.32 Å². The number of amides is 2. The lowest BCUT2D eigenvalue weighted by molar-refractivity contribution is -0.132. The minimum atomic E-state index is -0.650. The largest absolute Gasteiger partial charge is 0.360 e. The molecule has 4 nitrogen and oxygen atoms in total. The molecule has 4 heteroatoms. The maximum Gasteiger partial charge on any atom is 0.256 e. The molecule has 2 rings (SSSR count). The van der Waals surface area contributed by atoms with Crippen LogP contribution in [0.5, 0.6) is 0 Å². The van der Waals surface area contributed by atoms with Gasteiger partial charge in [-0.15, -0.1) is 0 Å². The highest BCUT2D eigenvalue weighted by atomic mass is 16.5. The van der Waals surface area contributed by atoms with Crippen LogP contribution in [-0.2, 0) is 14.3 Å². The Morgan fingerprint density at radius 3 is 2.56 bits per heavy atom. The monoisotopic (exact) mass is 219 g/mol. The van der Waals surface area contributed by atoms with Gasteiger partial charge in [-0.05, 0) is 12.5 Å². The van der Waals surface area contributed by atoms with Gasteiger partial charge in [-0.25, -0.2) is 0 Å². The molecule has 2 atom stereocenters. The van der Waals surface area contributed by atoms with E-state index in [4.69, 9.17) is 4.74 Å². The molecule has 0 saturated carbocycles. The fourth-order valence-corrected chi connectivity index (χ4v) is 1.69. The maximum absolute atomic E-state index is 11.3. The number of hydrogen-bond acceptors (Lipinski definition) is 3. The van der Waals surface area contributed by atoms with Crippen molar-refractivity contribution >= 4 is 11.8 Å². The molecule has 1 N–H and O–H groups in total. The highest BCUT2D eigenvalue weighted by Gasteiger charge is 2.32. The van der Waals surface area contributed by atoms with Gasteiger partial charge in [-0.1, -0.05) is 30.3 Å². The molecule has 1 aliphatic heterocycles. The van der Waals surface area contributed by atoms with Crippen LogP contribution in [0.3, 0.4) is 0 Å². The number of benzene rings is 1. The molecule has 1 heterocycles. The van der Waals surface area contributed by atoms with Crippen LogP contribution in [-0.4, -0.2) is 17.9 Å². The molecule has 0 spiro atoms. The molecule has 2 unspecified atom stereocenters. The van der Waals surface area contributed by atoms with Crippen LogP contribution in [0, 0.1) is 0 Å². The minimum absolute atomic E-state index is 0.121. The van der Waals surface area contributed by atoms with E-state index in [0.29, 0.717) is 0 Å². The molecule has 16 heavy (non-hydrogen) atoms. The quantitative estimate of drug-likeness (QED) is 0.776. The van der Waals surface area contributed by atoms with Gasteiger partial charge in [-0.3, -0.25) is 14.9 Å². The third-order valence-corrected chi connectivity index (χ3v) is 2.56. The van der Waals surface area contributed by atoms with Crippen molar-refractivity contribution in [2.24, 2.45) is 0 Å². The van der Waals surface area contributed by atoms with Crippen molar-refractivity contribution in [3.8, 4) is 0 Å². The first-order valence-electron chi connectivity index (χ1n) is 5.21. The van der Waals surface area contributed by atoms with Crippen LogP contribution in [0.25, 0.3) is 0 Å². The van der Waals surface area contributed by atoms with Gasteiger partial charge < -0.3 is 4.74 Å². The first-order chi connectivity index (χ1) is 7.66. The summed E-state index contributed by atoms with van der Waals surface area (Å²) in [7, 11) is 0. The average Bonchev–Trinajstić information content (AvgIpc) is 2.59. The van der Waals surface area contributed by atoms with Crippen LogP contribution >= 0.6 is 0 Å². The first-order valence-corrected chi connectivity index (χ1v) is 5.21. The highest BCUT2D eigenvalue weighted by molar-refractivity contribution is 6.04. The Bertz CT molecular complexity index is 402. The van der Waals surface area contributed by atoms with Gasteiger partial charge >= 0.3 is 0 Å². The molecule has 2 amide bonds. The normalized spacial score (nSPS) is 21.9. The van der Waals surface area contributed by atoms with Crippen LogP contribution in [0.1, 0.15) is 25.0 Å². The number of hydrogen-bond donors (Lipinski definition) is 1. The molecular formula is C12H13NO3.